The topological polar surface area (TPSA) is 75.7 Å². The lowest BCUT2D eigenvalue weighted by atomic mass is 9.97. The lowest BCUT2D eigenvalue weighted by Crippen LogP contribution is -2.43. The van der Waals surface area contributed by atoms with Crippen LogP contribution in [-0.4, -0.2) is 44.9 Å². The molecule has 10 heteroatoms. The number of hydrogen-bond acceptors (Lipinski definition) is 4. The second kappa shape index (κ2) is 10.8. The van der Waals surface area contributed by atoms with E-state index in [4.69, 9.17) is 4.74 Å². The van der Waals surface area contributed by atoms with E-state index in [0.29, 0.717) is 12.8 Å². The monoisotopic (exact) mass is 482 g/mol. The summed E-state index contributed by atoms with van der Waals surface area (Å²) in [5.41, 5.74) is 0.0286. The van der Waals surface area contributed by atoms with Crippen molar-refractivity contribution in [3.05, 3.63) is 71.1 Å². The first-order chi connectivity index (χ1) is 15.6. The van der Waals surface area contributed by atoms with Crippen LogP contribution in [0, 0.1) is 5.92 Å². The Kier molecular flexibility index (Phi) is 8.15. The highest BCUT2D eigenvalue weighted by Crippen LogP contribution is 2.30. The highest BCUT2D eigenvalue weighted by molar-refractivity contribution is 7.92. The number of alkyl halides is 3. The van der Waals surface area contributed by atoms with Crippen LogP contribution >= 0.6 is 0 Å². The number of rotatable bonds is 8. The number of piperidine rings is 1. The van der Waals surface area contributed by atoms with Crippen LogP contribution in [0.3, 0.4) is 0 Å². The van der Waals surface area contributed by atoms with E-state index in [0.717, 1.165) is 17.7 Å². The minimum Gasteiger partial charge on any atom is -0.492 e. The Morgan fingerprint density at radius 2 is 1.70 bits per heavy atom. The van der Waals surface area contributed by atoms with E-state index < -0.39 is 21.8 Å². The maximum absolute atomic E-state index is 12.6. The van der Waals surface area contributed by atoms with Gasteiger partial charge in [0, 0.05) is 24.4 Å². The summed E-state index contributed by atoms with van der Waals surface area (Å²) in [7, 11) is -3.56. The molecule has 3 rings (SSSR count). The standard InChI is InChI=1S/C23H25F3N2O4S/c24-23(25,26)20-6-8-21(9-7-20)32-16-13-27-22(29)19-10-14-28(15-11-19)33(30,31)17-12-18-4-2-1-3-5-18/h1-9,12,17,19H,10-11,13-16H2,(H,27,29). The molecule has 1 N–H and O–H groups in total. The number of sulfonamides is 1. The molecule has 0 bridgehead atoms. The predicted molar refractivity (Wildman–Crippen MR) is 119 cm³/mol. The SMILES string of the molecule is O=C(NCCOc1ccc(C(F)(F)F)cc1)C1CCN(S(=O)(=O)C=Cc2ccccc2)CC1. The van der Waals surface area contributed by atoms with Crippen LogP contribution in [0.5, 0.6) is 5.75 Å². The van der Waals surface area contributed by atoms with Crippen LogP contribution in [-0.2, 0) is 21.0 Å². The average Bonchev–Trinajstić information content (AvgIpc) is 2.81. The van der Waals surface area contributed by atoms with Crippen LogP contribution in [0.15, 0.2) is 60.0 Å². The fourth-order valence-corrected chi connectivity index (χ4v) is 4.64. The fraction of sp³-hybridized carbons (Fsp3) is 0.348. The highest BCUT2D eigenvalue weighted by atomic mass is 32.2. The first-order valence-corrected chi connectivity index (χ1v) is 12.0. The van der Waals surface area contributed by atoms with E-state index in [9.17, 15) is 26.4 Å². The molecule has 1 aliphatic rings. The van der Waals surface area contributed by atoms with Crippen molar-refractivity contribution in [2.75, 3.05) is 26.2 Å². The van der Waals surface area contributed by atoms with Gasteiger partial charge in [-0.05, 0) is 48.7 Å². The number of carbonyl (C=O) groups is 1. The molecular weight excluding hydrogens is 457 g/mol. The van der Waals surface area contributed by atoms with Gasteiger partial charge in [0.1, 0.15) is 12.4 Å². The van der Waals surface area contributed by atoms with Crippen LogP contribution in [0.4, 0.5) is 13.2 Å². The predicted octanol–water partition coefficient (Wildman–Crippen LogP) is 3.91. The molecular formula is C23H25F3N2O4S. The van der Waals surface area contributed by atoms with E-state index in [2.05, 4.69) is 5.32 Å². The first-order valence-electron chi connectivity index (χ1n) is 10.5. The Balaban J connectivity index is 1.39. The minimum atomic E-state index is -4.40. The number of nitrogens with zero attached hydrogens (tertiary/aromatic N) is 1. The van der Waals surface area contributed by atoms with Gasteiger partial charge in [-0.2, -0.15) is 17.5 Å². The zero-order valence-corrected chi connectivity index (χ0v) is 18.6. The molecule has 1 saturated heterocycles. The van der Waals surface area contributed by atoms with E-state index in [1.54, 1.807) is 6.08 Å². The van der Waals surface area contributed by atoms with Crippen LogP contribution in [0.2, 0.25) is 0 Å². The van der Waals surface area contributed by atoms with Crippen LogP contribution in [0.1, 0.15) is 24.0 Å². The molecule has 0 unspecified atom stereocenters. The third-order valence-corrected chi connectivity index (χ3v) is 6.83. The van der Waals surface area contributed by atoms with Gasteiger partial charge in [-0.25, -0.2) is 8.42 Å². The second-order valence-electron chi connectivity index (χ2n) is 7.59. The van der Waals surface area contributed by atoms with Gasteiger partial charge < -0.3 is 10.1 Å². The van der Waals surface area contributed by atoms with Crippen molar-refractivity contribution in [2.24, 2.45) is 5.92 Å². The Hall–Kier alpha value is -2.85. The normalized spacial score (nSPS) is 16.1. The summed E-state index contributed by atoms with van der Waals surface area (Å²) in [6.45, 7) is 0.802. The zero-order valence-electron chi connectivity index (χ0n) is 17.8. The van der Waals surface area contributed by atoms with Crippen LogP contribution < -0.4 is 10.1 Å². The summed E-state index contributed by atoms with van der Waals surface area (Å²) in [6, 6.07) is 13.4. The maximum Gasteiger partial charge on any atom is 0.416 e. The minimum absolute atomic E-state index is 0.106. The Morgan fingerprint density at radius 1 is 1.06 bits per heavy atom. The summed E-state index contributed by atoms with van der Waals surface area (Å²) >= 11 is 0. The van der Waals surface area contributed by atoms with Gasteiger partial charge in [-0.15, -0.1) is 0 Å². The lowest BCUT2D eigenvalue weighted by molar-refractivity contribution is -0.137. The summed E-state index contributed by atoms with van der Waals surface area (Å²) < 4.78 is 69.4. The molecule has 0 aromatic heterocycles. The Labute approximate surface area is 191 Å². The van der Waals surface area contributed by atoms with Crippen molar-refractivity contribution in [1.29, 1.82) is 0 Å². The molecule has 33 heavy (non-hydrogen) atoms. The van der Waals surface area contributed by atoms with E-state index in [1.165, 1.54) is 21.8 Å². The van der Waals surface area contributed by atoms with E-state index >= 15 is 0 Å². The molecule has 0 saturated carbocycles. The smallest absolute Gasteiger partial charge is 0.416 e. The second-order valence-corrected chi connectivity index (χ2v) is 9.41. The molecule has 1 heterocycles. The average molecular weight is 483 g/mol. The summed E-state index contributed by atoms with van der Waals surface area (Å²) in [5.74, 6) is -0.220. The molecule has 178 valence electrons. The molecule has 2 aromatic rings. The molecule has 0 radical (unpaired) electrons. The third kappa shape index (κ3) is 7.33. The van der Waals surface area contributed by atoms with Crippen molar-refractivity contribution in [3.8, 4) is 5.75 Å². The Morgan fingerprint density at radius 3 is 2.30 bits per heavy atom. The summed E-state index contributed by atoms with van der Waals surface area (Å²) in [5, 5.41) is 3.91. The summed E-state index contributed by atoms with van der Waals surface area (Å²) in [6.07, 6.45) is -2.04. The number of nitrogens with one attached hydrogen (secondary N) is 1. The van der Waals surface area contributed by atoms with Crippen molar-refractivity contribution >= 4 is 22.0 Å². The summed E-state index contributed by atoms with van der Waals surface area (Å²) in [4.78, 5) is 12.4. The number of halogens is 3. The third-order valence-electron chi connectivity index (χ3n) is 5.27. The maximum atomic E-state index is 12.6. The number of hydrogen-bond donors (Lipinski definition) is 1. The molecule has 0 aliphatic carbocycles. The van der Waals surface area contributed by atoms with Crippen LogP contribution in [0.25, 0.3) is 6.08 Å². The molecule has 1 amide bonds. The first kappa shape index (κ1) is 24.8. The van der Waals surface area contributed by atoms with Crippen molar-refractivity contribution < 1.29 is 31.1 Å². The number of carbonyl (C=O) groups excluding carboxylic acids is 1. The molecule has 1 fully saturated rings. The fourth-order valence-electron chi connectivity index (χ4n) is 3.41. The van der Waals surface area contributed by atoms with Gasteiger partial charge in [-0.1, -0.05) is 30.3 Å². The van der Waals surface area contributed by atoms with Crippen molar-refractivity contribution in [1.82, 2.24) is 9.62 Å². The molecule has 6 nitrogen and oxygen atoms in total. The van der Waals surface area contributed by atoms with Crippen molar-refractivity contribution in [3.63, 3.8) is 0 Å². The number of benzene rings is 2. The van der Waals surface area contributed by atoms with Gasteiger partial charge in [0.15, 0.2) is 0 Å². The van der Waals surface area contributed by atoms with E-state index in [1.807, 2.05) is 30.3 Å². The molecule has 1 aliphatic heterocycles. The van der Waals surface area contributed by atoms with Gasteiger partial charge in [0.25, 0.3) is 0 Å². The molecule has 2 aromatic carbocycles. The number of amides is 1. The molecule has 0 spiro atoms. The largest absolute Gasteiger partial charge is 0.492 e. The number of ether oxygens (including phenoxy) is 1. The Bertz CT molecular complexity index is 1050. The van der Waals surface area contributed by atoms with Gasteiger partial charge in [0.05, 0.1) is 12.1 Å². The molecule has 0 atom stereocenters. The lowest BCUT2D eigenvalue weighted by Gasteiger charge is -2.29. The highest BCUT2D eigenvalue weighted by Gasteiger charge is 2.30. The quantitative estimate of drug-likeness (QED) is 0.579. The van der Waals surface area contributed by atoms with Crippen molar-refractivity contribution in [2.45, 2.75) is 19.0 Å². The zero-order chi connectivity index (χ0) is 23.9. The van der Waals surface area contributed by atoms with Gasteiger partial charge >= 0.3 is 6.18 Å². The van der Waals surface area contributed by atoms with Gasteiger partial charge in [0.2, 0.25) is 15.9 Å². The van der Waals surface area contributed by atoms with Gasteiger partial charge in [-0.3, -0.25) is 4.79 Å². The van der Waals surface area contributed by atoms with E-state index in [-0.39, 0.29) is 43.8 Å².